The van der Waals surface area contributed by atoms with Crippen molar-refractivity contribution < 1.29 is 24.2 Å². The number of β-amino-alcohol motifs (C(OH)–C–C–N with tert-alkyl or cyclic N) is 1. The second-order valence-corrected chi connectivity index (χ2v) is 5.73. The van der Waals surface area contributed by atoms with E-state index in [0.717, 1.165) is 0 Å². The fourth-order valence-corrected chi connectivity index (χ4v) is 3.18. The molecule has 0 radical (unpaired) electrons. The van der Waals surface area contributed by atoms with Crippen LogP contribution in [0.25, 0.3) is 0 Å². The molecule has 7 heteroatoms. The summed E-state index contributed by atoms with van der Waals surface area (Å²) in [5.74, 6) is -1.05. The molecule has 1 aromatic rings. The Hall–Kier alpha value is -2.25. The summed E-state index contributed by atoms with van der Waals surface area (Å²) in [4.78, 5) is 39.3. The maximum atomic E-state index is 12.3. The van der Waals surface area contributed by atoms with E-state index in [1.807, 2.05) is 0 Å². The van der Waals surface area contributed by atoms with E-state index in [4.69, 9.17) is 4.74 Å². The molecular weight excluding hydrogens is 300 g/mol. The van der Waals surface area contributed by atoms with Gasteiger partial charge in [0, 0.05) is 26.1 Å². The number of imide groups is 1. The number of carbonyl (C=O) groups excluding carboxylic acids is 3. The molecule has 1 fully saturated rings. The minimum absolute atomic E-state index is 0.173. The highest BCUT2D eigenvalue weighted by molar-refractivity contribution is 6.21. The van der Waals surface area contributed by atoms with E-state index in [0.29, 0.717) is 30.6 Å². The van der Waals surface area contributed by atoms with Crippen molar-refractivity contribution in [3.63, 3.8) is 0 Å². The van der Waals surface area contributed by atoms with Crippen LogP contribution in [0.5, 0.6) is 0 Å². The Morgan fingerprint density at radius 2 is 1.83 bits per heavy atom. The molecule has 1 saturated heterocycles. The van der Waals surface area contributed by atoms with Crippen LogP contribution in [0, 0.1) is 0 Å². The lowest BCUT2D eigenvalue weighted by molar-refractivity contribution is -0.145. The van der Waals surface area contributed by atoms with E-state index >= 15 is 0 Å². The lowest BCUT2D eigenvalue weighted by Crippen LogP contribution is -2.43. The number of likely N-dealkylation sites (tertiary alicyclic amines) is 1. The van der Waals surface area contributed by atoms with Crippen LogP contribution >= 0.6 is 0 Å². The number of fused-ring (bicyclic) bond motifs is 1. The predicted molar refractivity (Wildman–Crippen MR) is 79.8 cm³/mol. The quantitative estimate of drug-likeness (QED) is 0.616. The number of nitrogens with zero attached hydrogens (tertiary/aromatic N) is 2. The molecule has 0 bridgehead atoms. The number of hydrogen-bond donors (Lipinski definition) is 1. The van der Waals surface area contributed by atoms with Crippen molar-refractivity contribution in [1.82, 2.24) is 9.80 Å². The molecular formula is C16H18N2O5. The number of esters is 1. The predicted octanol–water partition coefficient (Wildman–Crippen LogP) is -0.109. The first-order chi connectivity index (χ1) is 11.0. The van der Waals surface area contributed by atoms with Gasteiger partial charge in [-0.25, -0.2) is 0 Å². The van der Waals surface area contributed by atoms with Crippen molar-refractivity contribution >= 4 is 17.8 Å². The molecule has 3 rings (SSSR count). The summed E-state index contributed by atoms with van der Waals surface area (Å²) in [5.41, 5.74) is 0.812. The van der Waals surface area contributed by atoms with Crippen LogP contribution < -0.4 is 0 Å². The maximum Gasteiger partial charge on any atom is 0.323 e. The van der Waals surface area contributed by atoms with Crippen LogP contribution in [0.15, 0.2) is 24.3 Å². The zero-order valence-corrected chi connectivity index (χ0v) is 12.8. The average molecular weight is 318 g/mol. The molecule has 2 aliphatic rings. The molecule has 2 amide bonds. The number of methoxy groups -OCH3 is 1. The first-order valence-electron chi connectivity index (χ1n) is 7.48. The smallest absolute Gasteiger partial charge is 0.323 e. The van der Waals surface area contributed by atoms with Crippen molar-refractivity contribution in [3.8, 4) is 0 Å². The summed E-state index contributed by atoms with van der Waals surface area (Å²) in [6, 6.07) is 6.17. The Kier molecular flexibility index (Phi) is 4.14. The summed E-state index contributed by atoms with van der Waals surface area (Å²) in [5, 5.41) is 9.76. The second-order valence-electron chi connectivity index (χ2n) is 5.73. The third-order valence-corrected chi connectivity index (χ3v) is 4.34. The zero-order valence-electron chi connectivity index (χ0n) is 12.8. The van der Waals surface area contributed by atoms with Crippen molar-refractivity contribution in [2.75, 3.05) is 26.7 Å². The van der Waals surface area contributed by atoms with E-state index in [1.165, 1.54) is 12.0 Å². The number of rotatable bonds is 4. The number of amides is 2. The molecule has 0 saturated carbocycles. The zero-order chi connectivity index (χ0) is 16.6. The van der Waals surface area contributed by atoms with Gasteiger partial charge in [-0.3, -0.25) is 24.2 Å². The van der Waals surface area contributed by atoms with E-state index < -0.39 is 18.1 Å². The van der Waals surface area contributed by atoms with Crippen LogP contribution in [0.3, 0.4) is 0 Å². The fourth-order valence-electron chi connectivity index (χ4n) is 3.18. The van der Waals surface area contributed by atoms with Crippen LogP contribution in [-0.2, 0) is 9.53 Å². The molecule has 0 aliphatic carbocycles. The molecule has 0 spiro atoms. The van der Waals surface area contributed by atoms with Gasteiger partial charge in [0.1, 0.15) is 6.04 Å². The number of hydrogen-bond acceptors (Lipinski definition) is 6. The lowest BCUT2D eigenvalue weighted by Gasteiger charge is -2.24. The van der Waals surface area contributed by atoms with Crippen LogP contribution in [-0.4, -0.2) is 71.6 Å². The summed E-state index contributed by atoms with van der Waals surface area (Å²) < 4.78 is 4.74. The van der Waals surface area contributed by atoms with E-state index in [9.17, 15) is 19.5 Å². The summed E-state index contributed by atoms with van der Waals surface area (Å²) in [6.07, 6.45) is -0.310. The fraction of sp³-hybridized carbons (Fsp3) is 0.438. The summed E-state index contributed by atoms with van der Waals surface area (Å²) in [6.45, 7) is 0.817. The number of aliphatic hydroxyl groups is 1. The molecule has 1 N–H and O–H groups in total. The number of benzene rings is 1. The van der Waals surface area contributed by atoms with Gasteiger partial charge in [0.25, 0.3) is 11.8 Å². The molecule has 0 aromatic heterocycles. The Balaban J connectivity index is 1.68. The maximum absolute atomic E-state index is 12.3. The SMILES string of the molecule is COC(=O)[C@@H]1C[C@@H](O)CN1CCN1C(=O)c2ccccc2C1=O. The molecule has 1 aromatic carbocycles. The second kappa shape index (κ2) is 6.10. The van der Waals surface area contributed by atoms with Crippen molar-refractivity contribution in [2.24, 2.45) is 0 Å². The van der Waals surface area contributed by atoms with Gasteiger partial charge in [-0.1, -0.05) is 12.1 Å². The third-order valence-electron chi connectivity index (χ3n) is 4.34. The number of ether oxygens (including phenoxy) is 1. The van der Waals surface area contributed by atoms with Crippen molar-refractivity contribution in [1.29, 1.82) is 0 Å². The van der Waals surface area contributed by atoms with Gasteiger partial charge >= 0.3 is 5.97 Å². The standard InChI is InChI=1S/C16H18N2O5/c1-23-16(22)13-8-10(19)9-17(13)6-7-18-14(20)11-4-2-3-5-12(11)15(18)21/h2-5,10,13,19H,6-9H2,1H3/t10-,13+/m1/s1. The van der Waals surface area contributed by atoms with Gasteiger partial charge in [-0.2, -0.15) is 0 Å². The number of aliphatic hydroxyl groups excluding tert-OH is 1. The van der Waals surface area contributed by atoms with Gasteiger partial charge in [-0.15, -0.1) is 0 Å². The Morgan fingerprint density at radius 3 is 2.39 bits per heavy atom. The summed E-state index contributed by atoms with van der Waals surface area (Å²) in [7, 11) is 1.30. The highest BCUT2D eigenvalue weighted by Crippen LogP contribution is 2.23. The lowest BCUT2D eigenvalue weighted by atomic mass is 10.1. The number of carbonyl (C=O) groups is 3. The topological polar surface area (TPSA) is 87.2 Å². The average Bonchev–Trinajstić information content (AvgIpc) is 3.04. The molecule has 2 heterocycles. The first-order valence-corrected chi connectivity index (χ1v) is 7.48. The molecule has 0 unspecified atom stereocenters. The molecule has 2 aliphatic heterocycles. The van der Waals surface area contributed by atoms with E-state index in [2.05, 4.69) is 0 Å². The van der Waals surface area contributed by atoms with Gasteiger partial charge in [0.15, 0.2) is 0 Å². The Bertz CT molecular complexity index is 625. The van der Waals surface area contributed by atoms with Gasteiger partial charge < -0.3 is 9.84 Å². The molecule has 2 atom stereocenters. The summed E-state index contributed by atoms with van der Waals surface area (Å²) >= 11 is 0. The van der Waals surface area contributed by atoms with E-state index in [-0.39, 0.29) is 18.4 Å². The molecule has 23 heavy (non-hydrogen) atoms. The monoisotopic (exact) mass is 318 g/mol. The van der Waals surface area contributed by atoms with Gasteiger partial charge in [0.05, 0.1) is 24.3 Å². The Morgan fingerprint density at radius 1 is 1.22 bits per heavy atom. The minimum Gasteiger partial charge on any atom is -0.468 e. The highest BCUT2D eigenvalue weighted by Gasteiger charge is 2.39. The third kappa shape index (κ3) is 2.73. The van der Waals surface area contributed by atoms with Crippen LogP contribution in [0.2, 0.25) is 0 Å². The molecule has 7 nitrogen and oxygen atoms in total. The van der Waals surface area contributed by atoms with Gasteiger partial charge in [0.2, 0.25) is 0 Å². The minimum atomic E-state index is -0.610. The largest absolute Gasteiger partial charge is 0.468 e. The van der Waals surface area contributed by atoms with Crippen LogP contribution in [0.1, 0.15) is 27.1 Å². The van der Waals surface area contributed by atoms with Crippen LogP contribution in [0.4, 0.5) is 0 Å². The van der Waals surface area contributed by atoms with E-state index in [1.54, 1.807) is 29.2 Å². The molecule has 122 valence electrons. The normalized spacial score (nSPS) is 24.2. The highest BCUT2D eigenvalue weighted by atomic mass is 16.5. The first kappa shape index (κ1) is 15.6. The van der Waals surface area contributed by atoms with Crippen molar-refractivity contribution in [3.05, 3.63) is 35.4 Å². The van der Waals surface area contributed by atoms with Gasteiger partial charge in [-0.05, 0) is 12.1 Å². The van der Waals surface area contributed by atoms with Crippen molar-refractivity contribution in [2.45, 2.75) is 18.6 Å². The Labute approximate surface area is 133 Å².